The second kappa shape index (κ2) is 3.79. The molecule has 0 aliphatic rings. The molecule has 0 aliphatic carbocycles. The van der Waals surface area contributed by atoms with E-state index in [1.807, 2.05) is 0 Å². The first kappa shape index (κ1) is 10.7. The lowest BCUT2D eigenvalue weighted by molar-refractivity contribution is -0.333. The van der Waals surface area contributed by atoms with Crippen molar-refractivity contribution >= 4 is 13.8 Å². The highest BCUT2D eigenvalue weighted by molar-refractivity contribution is 7.43. The lowest BCUT2D eigenvalue weighted by Crippen LogP contribution is -2.19. The first-order valence-electron chi connectivity index (χ1n) is 3.44. The molecule has 1 rings (SSSR count). The average molecular weight is 216 g/mol. The fourth-order valence-corrected chi connectivity index (χ4v) is 1.24. The molecule has 0 aromatic heterocycles. The third-order valence-corrected chi connectivity index (χ3v) is 1.75. The molecule has 0 aliphatic heterocycles. The number of hydrogen-bond acceptors (Lipinski definition) is 5. The maximum atomic E-state index is 10.5. The first-order chi connectivity index (χ1) is 6.40. The Bertz CT molecular complexity index is 395. The molecule has 0 spiro atoms. The van der Waals surface area contributed by atoms with Gasteiger partial charge in [0.15, 0.2) is 0 Å². The molecule has 14 heavy (non-hydrogen) atoms. The molecule has 7 heteroatoms. The zero-order chi connectivity index (χ0) is 10.8. The van der Waals surface area contributed by atoms with Crippen molar-refractivity contribution in [1.29, 1.82) is 0 Å². The highest BCUT2D eigenvalue weighted by Gasteiger charge is 2.10. The monoisotopic (exact) mass is 216 g/mol. The molecule has 0 saturated carbocycles. The second-order valence-electron chi connectivity index (χ2n) is 2.34. The Morgan fingerprint density at radius 1 is 1.36 bits per heavy atom. The van der Waals surface area contributed by atoms with E-state index in [2.05, 4.69) is 4.52 Å². The quantitative estimate of drug-likeness (QED) is 0.687. The number of phosphoric ester groups is 1. The Morgan fingerprint density at radius 3 is 2.43 bits per heavy atom. The molecular formula is C7H5O6P-2. The van der Waals surface area contributed by atoms with Crippen molar-refractivity contribution in [2.45, 2.75) is 0 Å². The van der Waals surface area contributed by atoms with Gasteiger partial charge in [-0.1, -0.05) is 12.1 Å². The Hall–Kier alpha value is -1.36. The second-order valence-corrected chi connectivity index (χ2v) is 3.42. The molecule has 1 aromatic carbocycles. The zero-order valence-electron chi connectivity index (χ0n) is 6.75. The van der Waals surface area contributed by atoms with Gasteiger partial charge < -0.3 is 24.0 Å². The molecule has 0 bridgehead atoms. The topological polar surface area (TPSA) is 110 Å². The van der Waals surface area contributed by atoms with Crippen molar-refractivity contribution in [3.05, 3.63) is 29.8 Å². The van der Waals surface area contributed by atoms with Crippen LogP contribution in [0.4, 0.5) is 0 Å². The minimum Gasteiger partial charge on any atom is -0.780 e. The number of hydrogen-bond donors (Lipinski definition) is 1. The van der Waals surface area contributed by atoms with Crippen molar-refractivity contribution in [2.75, 3.05) is 0 Å². The number of carbonyl (C=O) groups is 1. The van der Waals surface area contributed by atoms with Crippen LogP contribution in [-0.4, -0.2) is 11.1 Å². The number of para-hydroxylation sites is 1. The van der Waals surface area contributed by atoms with Crippen molar-refractivity contribution < 1.29 is 28.8 Å². The molecule has 76 valence electrons. The zero-order valence-corrected chi connectivity index (χ0v) is 7.64. The highest BCUT2D eigenvalue weighted by Crippen LogP contribution is 2.31. The van der Waals surface area contributed by atoms with E-state index in [4.69, 9.17) is 5.11 Å². The van der Waals surface area contributed by atoms with Crippen LogP contribution in [0.5, 0.6) is 5.75 Å². The Balaban J connectivity index is 3.08. The van der Waals surface area contributed by atoms with Gasteiger partial charge in [-0.3, -0.25) is 0 Å². The fraction of sp³-hybridized carbons (Fsp3) is 0. The van der Waals surface area contributed by atoms with E-state index in [-0.39, 0.29) is 5.56 Å². The van der Waals surface area contributed by atoms with Gasteiger partial charge >= 0.3 is 5.97 Å². The molecule has 0 amide bonds. The van der Waals surface area contributed by atoms with E-state index < -0.39 is 19.5 Å². The van der Waals surface area contributed by atoms with Gasteiger partial charge in [0.1, 0.15) is 19.1 Å². The number of aromatic carboxylic acids is 1. The van der Waals surface area contributed by atoms with E-state index in [0.717, 1.165) is 12.1 Å². The molecule has 0 fully saturated rings. The molecule has 6 nitrogen and oxygen atoms in total. The number of phosphoric acid groups is 1. The third kappa shape index (κ3) is 2.85. The first-order valence-corrected chi connectivity index (χ1v) is 4.90. The van der Waals surface area contributed by atoms with Crippen molar-refractivity contribution in [1.82, 2.24) is 0 Å². The minimum atomic E-state index is -5.22. The van der Waals surface area contributed by atoms with Crippen LogP contribution in [-0.2, 0) is 4.57 Å². The summed E-state index contributed by atoms with van der Waals surface area (Å²) in [5.41, 5.74) is -0.376. The number of rotatable bonds is 3. The summed E-state index contributed by atoms with van der Waals surface area (Å²) in [6.45, 7) is 0. The highest BCUT2D eigenvalue weighted by atomic mass is 31.2. The summed E-state index contributed by atoms with van der Waals surface area (Å²) >= 11 is 0. The predicted octanol–water partition coefficient (Wildman–Crippen LogP) is -0.408. The maximum absolute atomic E-state index is 10.5. The van der Waals surface area contributed by atoms with Gasteiger partial charge in [-0.05, 0) is 12.1 Å². The molecule has 0 heterocycles. The lowest BCUT2D eigenvalue weighted by Gasteiger charge is -2.29. The Labute approximate surface area is 79.0 Å². The number of carboxylic acid groups (broad SMARTS) is 1. The van der Waals surface area contributed by atoms with Crippen LogP contribution in [0.1, 0.15) is 10.4 Å². The van der Waals surface area contributed by atoms with Crippen LogP contribution >= 0.6 is 7.82 Å². The third-order valence-electron chi connectivity index (χ3n) is 1.33. The standard InChI is InChI=1S/C7H7O6P/c8-7(9)5-3-1-2-4-6(5)13-14(10,11)12/h1-4H,(H,8,9)(H2,10,11,12)/p-2. The van der Waals surface area contributed by atoms with Gasteiger partial charge in [-0.25, -0.2) is 4.79 Å². The van der Waals surface area contributed by atoms with Crippen LogP contribution in [0.25, 0.3) is 0 Å². The minimum absolute atomic E-state index is 0.376. The van der Waals surface area contributed by atoms with E-state index >= 15 is 0 Å². The SMILES string of the molecule is O=C(O)c1ccccc1OP(=O)([O-])[O-]. The van der Waals surface area contributed by atoms with Crippen LogP contribution in [0.2, 0.25) is 0 Å². The molecule has 0 unspecified atom stereocenters. The summed E-state index contributed by atoms with van der Waals surface area (Å²) in [6.07, 6.45) is 0. The van der Waals surface area contributed by atoms with Crippen molar-refractivity contribution in [2.24, 2.45) is 0 Å². The molecule has 0 atom stereocenters. The van der Waals surface area contributed by atoms with Gasteiger partial charge in [-0.15, -0.1) is 0 Å². The van der Waals surface area contributed by atoms with E-state index in [9.17, 15) is 19.1 Å². The van der Waals surface area contributed by atoms with Crippen LogP contribution in [0.15, 0.2) is 24.3 Å². The lowest BCUT2D eigenvalue weighted by atomic mass is 10.2. The average Bonchev–Trinajstić information content (AvgIpc) is 2.01. The number of carboxylic acids is 1. The van der Waals surface area contributed by atoms with Gasteiger partial charge in [0.2, 0.25) is 0 Å². The summed E-state index contributed by atoms with van der Waals surface area (Å²) in [5, 5.41) is 8.59. The summed E-state index contributed by atoms with van der Waals surface area (Å²) in [6, 6.07) is 4.97. The van der Waals surface area contributed by atoms with Crippen molar-refractivity contribution in [3.63, 3.8) is 0 Å². The summed E-state index contributed by atoms with van der Waals surface area (Å²) in [5.74, 6) is -1.85. The van der Waals surface area contributed by atoms with Crippen molar-refractivity contribution in [3.8, 4) is 5.75 Å². The molecule has 1 N–H and O–H groups in total. The van der Waals surface area contributed by atoms with Gasteiger partial charge in [0.25, 0.3) is 0 Å². The maximum Gasteiger partial charge on any atom is 0.339 e. The molecular weight excluding hydrogens is 211 g/mol. The summed E-state index contributed by atoms with van der Waals surface area (Å²) < 4.78 is 14.2. The molecule has 0 radical (unpaired) electrons. The summed E-state index contributed by atoms with van der Waals surface area (Å²) in [4.78, 5) is 31.0. The number of benzene rings is 1. The largest absolute Gasteiger partial charge is 0.780 e. The van der Waals surface area contributed by atoms with Crippen LogP contribution < -0.4 is 14.3 Å². The smallest absolute Gasteiger partial charge is 0.339 e. The molecule has 1 aromatic rings. The Morgan fingerprint density at radius 2 is 1.93 bits per heavy atom. The van der Waals surface area contributed by atoms with Gasteiger partial charge in [0, 0.05) is 0 Å². The van der Waals surface area contributed by atoms with Crippen LogP contribution in [0, 0.1) is 0 Å². The fourth-order valence-electron chi connectivity index (χ4n) is 0.843. The van der Waals surface area contributed by atoms with Crippen LogP contribution in [0.3, 0.4) is 0 Å². The van der Waals surface area contributed by atoms with E-state index in [1.54, 1.807) is 0 Å². The summed E-state index contributed by atoms with van der Waals surface area (Å²) in [7, 11) is -5.22. The Kier molecular flexibility index (Phi) is 2.90. The predicted molar refractivity (Wildman–Crippen MR) is 41.6 cm³/mol. The normalized spacial score (nSPS) is 11.0. The van der Waals surface area contributed by atoms with E-state index in [0.29, 0.717) is 0 Å². The van der Waals surface area contributed by atoms with E-state index in [1.165, 1.54) is 12.1 Å². The van der Waals surface area contributed by atoms with Gasteiger partial charge in [0.05, 0.1) is 0 Å². The van der Waals surface area contributed by atoms with Gasteiger partial charge in [-0.2, -0.15) is 0 Å². The molecule has 0 saturated heterocycles.